The van der Waals surface area contributed by atoms with Gasteiger partial charge in [-0.3, -0.25) is 4.90 Å². The van der Waals surface area contributed by atoms with Gasteiger partial charge in [0.25, 0.3) is 0 Å². The van der Waals surface area contributed by atoms with Crippen LogP contribution < -0.4 is 4.90 Å². The van der Waals surface area contributed by atoms with Crippen LogP contribution in [0.25, 0.3) is 0 Å². The third-order valence-electron chi connectivity index (χ3n) is 3.41. The fourth-order valence-electron chi connectivity index (χ4n) is 2.23. The van der Waals surface area contributed by atoms with Gasteiger partial charge in [-0.15, -0.1) is 0 Å². The molecule has 1 N–H and O–H groups in total. The average molecular weight is 354 g/mol. The molecule has 2 rings (SSSR count). The van der Waals surface area contributed by atoms with E-state index >= 15 is 0 Å². The summed E-state index contributed by atoms with van der Waals surface area (Å²) in [6.07, 6.45) is 2.51. The highest BCUT2D eigenvalue weighted by molar-refractivity contribution is 7.86. The molecule has 1 fully saturated rings. The molecule has 1 saturated heterocycles. The molecule has 5 nitrogen and oxygen atoms in total. The van der Waals surface area contributed by atoms with Crippen LogP contribution in [0.4, 0.5) is 13.2 Å². The predicted molar refractivity (Wildman–Crippen MR) is 78.7 cm³/mol. The van der Waals surface area contributed by atoms with E-state index in [1.807, 2.05) is 0 Å². The number of likely N-dealkylation sites (N-methyl/N-ethyl adjacent to an activating group) is 1. The van der Waals surface area contributed by atoms with Crippen LogP contribution in [0.1, 0.15) is 12.0 Å². The van der Waals surface area contributed by atoms with Crippen molar-refractivity contribution in [2.45, 2.75) is 18.3 Å². The third kappa shape index (κ3) is 7.78. The van der Waals surface area contributed by atoms with Gasteiger partial charge in [-0.25, -0.2) is 8.42 Å². The molecule has 0 radical (unpaired) electrons. The summed E-state index contributed by atoms with van der Waals surface area (Å²) in [5.41, 5.74) is -4.18. The van der Waals surface area contributed by atoms with Crippen molar-refractivity contribution in [2.24, 2.45) is 0 Å². The minimum atomic E-state index is -6.09. The second-order valence-electron chi connectivity index (χ2n) is 5.47. The van der Waals surface area contributed by atoms with Crippen molar-refractivity contribution >= 4 is 10.1 Å². The lowest BCUT2D eigenvalue weighted by atomic mass is 10.1. The highest BCUT2D eigenvalue weighted by Crippen LogP contribution is 2.20. The number of nitrogens with zero attached hydrogens (tertiary/aromatic N) is 1. The Labute approximate surface area is 134 Å². The molecule has 1 aromatic carbocycles. The normalized spacial score (nSPS) is 19.3. The van der Waals surface area contributed by atoms with Crippen LogP contribution in [-0.4, -0.2) is 56.7 Å². The highest BCUT2D eigenvalue weighted by atomic mass is 32.2. The molecule has 0 bridgehead atoms. The van der Waals surface area contributed by atoms with Crippen LogP contribution in [0.15, 0.2) is 30.3 Å². The van der Waals surface area contributed by atoms with Crippen molar-refractivity contribution in [1.82, 2.24) is 4.90 Å². The van der Waals surface area contributed by atoms with E-state index in [9.17, 15) is 13.2 Å². The second kappa shape index (κ2) is 8.62. The molecule has 1 aliphatic rings. The minimum Gasteiger partial charge on any atom is -0.741 e. The standard InChI is InChI=1S/C13H20N2.CHF3O3S/c1-14-10-11-15(12-14)9-5-8-13-6-3-2-4-7-13;2-1(3,4)8(5,6)7/h2-4,6-7H,5,8-12H2,1H3;(H,5,6,7). The maximum atomic E-state index is 10.7. The third-order valence-corrected chi connectivity index (χ3v) is 3.98. The molecule has 1 aliphatic heterocycles. The van der Waals surface area contributed by atoms with Crippen molar-refractivity contribution in [3.8, 4) is 0 Å². The average Bonchev–Trinajstić information content (AvgIpc) is 2.84. The Balaban J connectivity index is 0.000000284. The van der Waals surface area contributed by atoms with Crippen LogP contribution in [0.2, 0.25) is 0 Å². The Morgan fingerprint density at radius 2 is 1.83 bits per heavy atom. The number of hydrogen-bond acceptors (Lipinski definition) is 4. The van der Waals surface area contributed by atoms with E-state index < -0.39 is 15.6 Å². The van der Waals surface area contributed by atoms with Gasteiger partial charge in [-0.1, -0.05) is 30.3 Å². The summed E-state index contributed by atoms with van der Waals surface area (Å²) >= 11 is 0. The fourth-order valence-corrected chi connectivity index (χ4v) is 2.23. The highest BCUT2D eigenvalue weighted by Gasteiger charge is 2.36. The van der Waals surface area contributed by atoms with Crippen molar-refractivity contribution < 1.29 is 31.0 Å². The zero-order valence-corrected chi connectivity index (χ0v) is 13.7. The van der Waals surface area contributed by atoms with Crippen LogP contribution in [0.3, 0.4) is 0 Å². The number of halogens is 3. The summed E-state index contributed by atoms with van der Waals surface area (Å²) < 4.78 is 58.9. The number of hydrogen-bond donors (Lipinski definition) is 1. The lowest BCUT2D eigenvalue weighted by molar-refractivity contribution is -0.871. The Morgan fingerprint density at radius 1 is 1.26 bits per heavy atom. The number of quaternary nitrogens is 1. The second-order valence-corrected chi connectivity index (χ2v) is 6.84. The predicted octanol–water partition coefficient (Wildman–Crippen LogP) is 0.458. The molecule has 0 saturated carbocycles. The van der Waals surface area contributed by atoms with Crippen LogP contribution >= 0.6 is 0 Å². The summed E-state index contributed by atoms with van der Waals surface area (Å²) in [4.78, 5) is 4.22. The number of aryl methyl sites for hydroxylation is 1. The van der Waals surface area contributed by atoms with Crippen LogP contribution in [0, 0.1) is 0 Å². The topological polar surface area (TPSA) is 64.9 Å². The molecule has 1 aromatic rings. The first-order valence-electron chi connectivity index (χ1n) is 7.19. The van der Waals surface area contributed by atoms with E-state index in [0.29, 0.717) is 0 Å². The fraction of sp³-hybridized carbons (Fsp3) is 0.571. The summed E-state index contributed by atoms with van der Waals surface area (Å²) in [6.45, 7) is 5.08. The zero-order chi connectivity index (χ0) is 17.5. The molecule has 0 aromatic heterocycles. The lowest BCUT2D eigenvalue weighted by Crippen LogP contribution is -3.07. The molecule has 1 unspecified atom stereocenters. The first kappa shape index (κ1) is 19.9. The van der Waals surface area contributed by atoms with Gasteiger partial charge in [-0.05, 0) is 18.4 Å². The smallest absolute Gasteiger partial charge is 0.485 e. The van der Waals surface area contributed by atoms with Crippen LogP contribution in [0.5, 0.6) is 0 Å². The maximum Gasteiger partial charge on any atom is 0.485 e. The lowest BCUT2D eigenvalue weighted by Gasteiger charge is -2.12. The van der Waals surface area contributed by atoms with E-state index in [0.717, 1.165) is 0 Å². The summed E-state index contributed by atoms with van der Waals surface area (Å²) in [5, 5.41) is 0. The number of nitrogens with one attached hydrogen (secondary N) is 1. The Morgan fingerprint density at radius 3 is 2.26 bits per heavy atom. The first-order valence-corrected chi connectivity index (χ1v) is 8.60. The summed E-state index contributed by atoms with van der Waals surface area (Å²) in [6, 6.07) is 10.8. The Kier molecular flexibility index (Phi) is 7.46. The summed E-state index contributed by atoms with van der Waals surface area (Å²) in [5.74, 6) is 0. The van der Waals surface area contributed by atoms with Gasteiger partial charge >= 0.3 is 5.51 Å². The van der Waals surface area contributed by atoms with Gasteiger partial charge < -0.3 is 9.45 Å². The molecular weight excluding hydrogens is 333 g/mol. The Hall–Kier alpha value is -1.16. The van der Waals surface area contributed by atoms with Crippen LogP contribution in [-0.2, 0) is 16.5 Å². The van der Waals surface area contributed by atoms with E-state index in [4.69, 9.17) is 13.0 Å². The molecule has 1 heterocycles. The van der Waals surface area contributed by atoms with Crippen molar-refractivity contribution in [3.63, 3.8) is 0 Å². The number of alkyl halides is 3. The summed E-state index contributed by atoms with van der Waals surface area (Å²) in [7, 11) is -3.82. The van der Waals surface area contributed by atoms with Crippen molar-refractivity contribution in [1.29, 1.82) is 0 Å². The van der Waals surface area contributed by atoms with Crippen molar-refractivity contribution in [3.05, 3.63) is 35.9 Å². The molecule has 0 amide bonds. The number of rotatable bonds is 4. The molecule has 23 heavy (non-hydrogen) atoms. The minimum absolute atomic E-state index is 1.22. The zero-order valence-electron chi connectivity index (χ0n) is 12.8. The monoisotopic (exact) mass is 354 g/mol. The SMILES string of the molecule is C[NH+]1CCN(CCCc2ccccc2)C1.O=S(=O)([O-])C(F)(F)F. The molecule has 132 valence electrons. The number of benzene rings is 1. The molecular formula is C14H21F3N2O3S. The van der Waals surface area contributed by atoms with E-state index in [1.54, 1.807) is 4.90 Å². The first-order chi connectivity index (χ1) is 10.6. The Bertz CT molecular complexity index is 564. The van der Waals surface area contributed by atoms with Gasteiger partial charge in [0.2, 0.25) is 0 Å². The quantitative estimate of drug-likeness (QED) is 0.630. The van der Waals surface area contributed by atoms with E-state index in [1.165, 1.54) is 44.7 Å². The van der Waals surface area contributed by atoms with E-state index in [2.05, 4.69) is 42.3 Å². The molecule has 0 spiro atoms. The van der Waals surface area contributed by atoms with Gasteiger partial charge in [0, 0.05) is 6.54 Å². The van der Waals surface area contributed by atoms with Gasteiger partial charge in [0.05, 0.1) is 20.1 Å². The molecule has 1 atom stereocenters. The van der Waals surface area contributed by atoms with Gasteiger partial charge in [0.15, 0.2) is 10.1 Å². The molecule has 0 aliphatic carbocycles. The van der Waals surface area contributed by atoms with Gasteiger partial charge in [-0.2, -0.15) is 13.2 Å². The molecule has 9 heteroatoms. The van der Waals surface area contributed by atoms with E-state index in [-0.39, 0.29) is 0 Å². The largest absolute Gasteiger partial charge is 0.741 e. The van der Waals surface area contributed by atoms with Crippen molar-refractivity contribution in [2.75, 3.05) is 33.4 Å². The van der Waals surface area contributed by atoms with Gasteiger partial charge in [0.1, 0.15) is 6.67 Å². The maximum absolute atomic E-state index is 10.7.